The van der Waals surface area contributed by atoms with E-state index in [-0.39, 0.29) is 11.5 Å². The van der Waals surface area contributed by atoms with Crippen molar-refractivity contribution in [2.45, 2.75) is 12.8 Å². The number of carbonyl (C=O) groups excluding carboxylic acids is 1. The van der Waals surface area contributed by atoms with Gasteiger partial charge in [0.1, 0.15) is 23.2 Å². The highest BCUT2D eigenvalue weighted by Crippen LogP contribution is 2.45. The van der Waals surface area contributed by atoms with Crippen molar-refractivity contribution in [3.63, 3.8) is 0 Å². The van der Waals surface area contributed by atoms with E-state index in [1.165, 1.54) is 7.11 Å². The lowest BCUT2D eigenvalue weighted by atomic mass is 9.88. The molecule has 3 heterocycles. The van der Waals surface area contributed by atoms with E-state index in [1.807, 2.05) is 43.3 Å². The van der Waals surface area contributed by atoms with Gasteiger partial charge in [-0.1, -0.05) is 30.3 Å². The molecule has 0 saturated heterocycles. The molecular formula is C26H20N4O4. The molecule has 0 spiro atoms. The van der Waals surface area contributed by atoms with E-state index in [4.69, 9.17) is 19.6 Å². The van der Waals surface area contributed by atoms with E-state index in [0.717, 1.165) is 5.69 Å². The number of carbonyl (C=O) groups is 1. The summed E-state index contributed by atoms with van der Waals surface area (Å²) in [7, 11) is 1.33. The van der Waals surface area contributed by atoms with Crippen LogP contribution in [0.4, 0.5) is 0 Å². The molecule has 5 rings (SSSR count). The average molecular weight is 452 g/mol. The number of methoxy groups -OCH3 is 1. The summed E-state index contributed by atoms with van der Waals surface area (Å²) in [5.74, 6) is 0.465. The molecule has 0 fully saturated rings. The van der Waals surface area contributed by atoms with E-state index in [0.29, 0.717) is 39.8 Å². The zero-order valence-corrected chi connectivity index (χ0v) is 18.5. The Morgan fingerprint density at radius 1 is 1.15 bits per heavy atom. The first-order chi connectivity index (χ1) is 16.5. The zero-order chi connectivity index (χ0) is 23.8. The van der Waals surface area contributed by atoms with Crippen LogP contribution in [-0.4, -0.2) is 22.9 Å². The Labute approximate surface area is 195 Å². The monoisotopic (exact) mass is 452 g/mol. The van der Waals surface area contributed by atoms with Gasteiger partial charge in [0.2, 0.25) is 11.8 Å². The molecule has 0 amide bonds. The first-order valence-electron chi connectivity index (χ1n) is 10.5. The molecule has 0 radical (unpaired) electrons. The van der Waals surface area contributed by atoms with Crippen molar-refractivity contribution in [1.82, 2.24) is 9.78 Å². The van der Waals surface area contributed by atoms with Crippen LogP contribution in [0.15, 0.2) is 82.6 Å². The fourth-order valence-electron chi connectivity index (χ4n) is 4.12. The number of aryl methyl sites for hydroxylation is 1. The van der Waals surface area contributed by atoms with Crippen LogP contribution in [0.1, 0.15) is 33.3 Å². The van der Waals surface area contributed by atoms with Gasteiger partial charge >= 0.3 is 5.97 Å². The quantitative estimate of drug-likeness (QED) is 0.455. The maximum atomic E-state index is 11.9. The van der Waals surface area contributed by atoms with Gasteiger partial charge in [0.15, 0.2) is 0 Å². The number of nitrogens with zero attached hydrogens (tertiary/aromatic N) is 3. The molecule has 0 saturated carbocycles. The highest BCUT2D eigenvalue weighted by atomic mass is 16.5. The van der Waals surface area contributed by atoms with Crippen molar-refractivity contribution >= 4 is 5.97 Å². The van der Waals surface area contributed by atoms with Gasteiger partial charge in [-0.2, -0.15) is 10.4 Å². The van der Waals surface area contributed by atoms with Crippen LogP contribution < -0.4 is 10.5 Å². The van der Waals surface area contributed by atoms with Gasteiger partial charge in [-0.25, -0.2) is 9.48 Å². The summed E-state index contributed by atoms with van der Waals surface area (Å²) in [5, 5.41) is 14.5. The van der Waals surface area contributed by atoms with Gasteiger partial charge in [0.25, 0.3) is 0 Å². The lowest BCUT2D eigenvalue weighted by Crippen LogP contribution is -2.21. The van der Waals surface area contributed by atoms with Crippen molar-refractivity contribution in [2.75, 3.05) is 7.11 Å². The number of hydrogen-bond donors (Lipinski definition) is 1. The molecule has 2 aromatic carbocycles. The zero-order valence-electron chi connectivity index (χ0n) is 18.5. The average Bonchev–Trinajstić information content (AvgIpc) is 3.48. The molecule has 1 aliphatic rings. The minimum atomic E-state index is -0.594. The van der Waals surface area contributed by atoms with Gasteiger partial charge in [0, 0.05) is 5.56 Å². The third-order valence-corrected chi connectivity index (χ3v) is 5.71. The van der Waals surface area contributed by atoms with Gasteiger partial charge < -0.3 is 19.6 Å². The highest BCUT2D eigenvalue weighted by molar-refractivity contribution is 5.90. The number of furan rings is 1. The van der Waals surface area contributed by atoms with Crippen molar-refractivity contribution in [1.29, 1.82) is 5.26 Å². The van der Waals surface area contributed by atoms with Crippen LogP contribution in [0.3, 0.4) is 0 Å². The van der Waals surface area contributed by atoms with Crippen LogP contribution in [0, 0.1) is 18.3 Å². The van der Waals surface area contributed by atoms with Gasteiger partial charge in [-0.3, -0.25) is 0 Å². The summed E-state index contributed by atoms with van der Waals surface area (Å²) in [6.07, 6.45) is 0. The number of benzene rings is 2. The lowest BCUT2D eigenvalue weighted by molar-refractivity contribution is 0.0601. The predicted octanol–water partition coefficient (Wildman–Crippen LogP) is 4.45. The van der Waals surface area contributed by atoms with Crippen LogP contribution in [0.25, 0.3) is 17.0 Å². The molecule has 34 heavy (non-hydrogen) atoms. The Kier molecular flexibility index (Phi) is 5.15. The Morgan fingerprint density at radius 3 is 2.68 bits per heavy atom. The second-order valence-electron chi connectivity index (χ2n) is 7.75. The molecule has 1 aliphatic heterocycles. The molecule has 1 unspecified atom stereocenters. The first-order valence-corrected chi connectivity index (χ1v) is 10.5. The number of fused-ring (bicyclic) bond motifs is 1. The number of aromatic nitrogens is 2. The van der Waals surface area contributed by atoms with E-state index in [2.05, 4.69) is 11.2 Å². The Morgan fingerprint density at radius 2 is 1.94 bits per heavy atom. The predicted molar refractivity (Wildman–Crippen MR) is 123 cm³/mol. The Bertz CT molecular complexity index is 1470. The van der Waals surface area contributed by atoms with Crippen molar-refractivity contribution in [3.8, 4) is 29.0 Å². The van der Waals surface area contributed by atoms with Crippen LogP contribution in [-0.2, 0) is 4.74 Å². The number of hydrogen-bond acceptors (Lipinski definition) is 7. The Hall–Kier alpha value is -4.77. The SMILES string of the molecule is COC(=O)c1cccc(-c2ccc(C3C(C#N)=C(N)Oc4c3c(C)nn4-c3ccccc3)o2)c1. The third-order valence-electron chi connectivity index (χ3n) is 5.71. The summed E-state index contributed by atoms with van der Waals surface area (Å²) in [6.45, 7) is 1.86. The van der Waals surface area contributed by atoms with Crippen molar-refractivity contribution < 1.29 is 18.7 Å². The number of para-hydroxylation sites is 1. The lowest BCUT2D eigenvalue weighted by Gasteiger charge is -2.23. The van der Waals surface area contributed by atoms with E-state index in [1.54, 1.807) is 35.0 Å². The van der Waals surface area contributed by atoms with Crippen LogP contribution in [0.2, 0.25) is 0 Å². The minimum absolute atomic E-state index is 0.00252. The van der Waals surface area contributed by atoms with Crippen molar-refractivity contribution in [3.05, 3.63) is 101 Å². The largest absolute Gasteiger partial charge is 0.465 e. The topological polar surface area (TPSA) is 116 Å². The molecule has 2 N–H and O–H groups in total. The molecule has 8 nitrogen and oxygen atoms in total. The summed E-state index contributed by atoms with van der Waals surface area (Å²) in [4.78, 5) is 11.9. The fraction of sp³-hybridized carbons (Fsp3) is 0.115. The smallest absolute Gasteiger partial charge is 0.337 e. The molecule has 1 atom stereocenters. The van der Waals surface area contributed by atoms with Crippen LogP contribution >= 0.6 is 0 Å². The minimum Gasteiger partial charge on any atom is -0.465 e. The van der Waals surface area contributed by atoms with E-state index >= 15 is 0 Å². The second-order valence-corrected chi connectivity index (χ2v) is 7.75. The maximum Gasteiger partial charge on any atom is 0.337 e. The summed E-state index contributed by atoms with van der Waals surface area (Å²) in [6, 6.07) is 22.2. The molecule has 0 bridgehead atoms. The molecule has 0 aliphatic carbocycles. The van der Waals surface area contributed by atoms with Crippen LogP contribution in [0.5, 0.6) is 5.88 Å². The molecule has 8 heteroatoms. The molecule has 168 valence electrons. The number of nitriles is 1. The third kappa shape index (κ3) is 3.40. The molecule has 4 aromatic rings. The van der Waals surface area contributed by atoms with Gasteiger partial charge in [-0.05, 0) is 43.3 Å². The number of rotatable bonds is 4. The summed E-state index contributed by atoms with van der Waals surface area (Å²) >= 11 is 0. The summed E-state index contributed by atoms with van der Waals surface area (Å²) < 4.78 is 18.6. The van der Waals surface area contributed by atoms with Crippen molar-refractivity contribution in [2.24, 2.45) is 5.73 Å². The molecule has 2 aromatic heterocycles. The first kappa shape index (κ1) is 21.1. The van der Waals surface area contributed by atoms with Gasteiger partial charge in [-0.15, -0.1) is 0 Å². The summed E-state index contributed by atoms with van der Waals surface area (Å²) in [5.41, 5.74) is 9.73. The standard InChI is InChI=1S/C26H20N4O4/c1-15-22-23(21-12-11-20(33-21)16-7-6-8-17(13-16)26(31)32-2)19(14-27)24(28)34-25(22)30(29-15)18-9-4-3-5-10-18/h3-13,23H,28H2,1-2H3. The number of nitrogens with two attached hydrogens (primary N) is 1. The normalized spacial score (nSPS) is 14.8. The molecular weight excluding hydrogens is 432 g/mol. The fourth-order valence-corrected chi connectivity index (χ4v) is 4.12. The number of ether oxygens (including phenoxy) is 2. The number of esters is 1. The Balaban J connectivity index is 1.62. The second kappa shape index (κ2) is 8.30. The number of allylic oxidation sites excluding steroid dienone is 1. The van der Waals surface area contributed by atoms with E-state index < -0.39 is 11.9 Å². The maximum absolute atomic E-state index is 11.9. The highest BCUT2D eigenvalue weighted by Gasteiger charge is 2.38. The van der Waals surface area contributed by atoms with E-state index in [9.17, 15) is 10.1 Å². The van der Waals surface area contributed by atoms with Gasteiger partial charge in [0.05, 0.1) is 35.5 Å².